The fraction of sp³-hybridized carbons (Fsp3) is 0.333. The molecule has 7 amide bonds. The van der Waals surface area contributed by atoms with E-state index in [1.165, 1.54) is 111 Å². The van der Waals surface area contributed by atoms with Crippen LogP contribution in [0, 0.1) is 0 Å². The van der Waals surface area contributed by atoms with Gasteiger partial charge in [-0.2, -0.15) is 0 Å². The van der Waals surface area contributed by atoms with Gasteiger partial charge in [-0.3, -0.25) is 33.6 Å². The molecular formula is C57H69N17O12. The topological polar surface area (TPSA) is 468 Å². The molecule has 0 bridgehead atoms. The first-order valence-corrected chi connectivity index (χ1v) is 27.4. The maximum absolute atomic E-state index is 15.0. The molecule has 0 aliphatic rings. The summed E-state index contributed by atoms with van der Waals surface area (Å²) >= 11 is 0. The highest BCUT2D eigenvalue weighted by atomic mass is 16.4. The minimum atomic E-state index is -1.55. The molecule has 0 aliphatic carbocycles. The molecular weight excluding hydrogens is 1110 g/mol. The number of nitrogens with two attached hydrogens (primary N) is 2. The van der Waals surface area contributed by atoms with Crippen molar-refractivity contribution in [1.29, 1.82) is 0 Å². The van der Waals surface area contributed by atoms with Gasteiger partial charge in [0.05, 0.1) is 31.4 Å². The number of H-pyrrole nitrogens is 4. The molecule has 0 aliphatic heterocycles. The molecule has 86 heavy (non-hydrogen) atoms. The van der Waals surface area contributed by atoms with E-state index in [9.17, 15) is 58.8 Å². The predicted molar refractivity (Wildman–Crippen MR) is 307 cm³/mol. The number of aromatic hydroxyl groups is 3. The molecule has 29 heteroatoms. The molecule has 4 aromatic heterocycles. The fourth-order valence-corrected chi connectivity index (χ4v) is 9.10. The van der Waals surface area contributed by atoms with Crippen molar-refractivity contribution in [3.8, 4) is 17.2 Å². The van der Waals surface area contributed by atoms with Crippen LogP contribution in [0.1, 0.15) is 58.7 Å². The van der Waals surface area contributed by atoms with E-state index >= 15 is 0 Å². The van der Waals surface area contributed by atoms with Crippen LogP contribution < -0.4 is 48.7 Å². The van der Waals surface area contributed by atoms with Gasteiger partial charge in [0.25, 0.3) is 0 Å². The third-order valence-corrected chi connectivity index (χ3v) is 13.8. The molecule has 0 radical (unpaired) electrons. The molecule has 7 aromatic rings. The number of amides is 7. The Labute approximate surface area is 491 Å². The highest BCUT2D eigenvalue weighted by Crippen LogP contribution is 2.17. The standard InChI is InChI=1S/C57H69N17O12/c58-16-2-1-3-43(51(79)74-49(57(85)86)23-38-27-63-31-67-38)68-55(83)47(21-36-25-61-29-65-36)72-54(82)46(19-34-8-14-41(77)15-9-34)70-53(81)45(18-33-6-12-40(76)13-7-33)71-56(84)48(22-37-26-62-30-66-37)73-52(80)44(17-32-4-10-39(75)11-5-32)69-50(78)42(59)20-35-24-60-28-64-35/h4-15,24-31,42-49,75-77H,1-3,16-23,58-59H2,(H,60,64)(H,61,65)(H,62,66)(H,63,67)(H,68,83)(H,69,78)(H,70,81)(H,71,84)(H,72,82)(H,73,80)(H,74,79)(H,85,86)/t42-,43-,44-,45-,46-,47-,48-,49-/m0/s1. The van der Waals surface area contributed by atoms with Gasteiger partial charge in [0.15, 0.2) is 0 Å². The maximum atomic E-state index is 15.0. The van der Waals surface area contributed by atoms with Crippen LogP contribution in [0.2, 0.25) is 0 Å². The summed E-state index contributed by atoms with van der Waals surface area (Å²) in [4.78, 5) is 141. The number of aromatic amines is 4. The van der Waals surface area contributed by atoms with E-state index in [0.717, 1.165) is 0 Å². The van der Waals surface area contributed by atoms with Gasteiger partial charge in [0, 0.05) is 92.5 Å². The Morgan fingerprint density at radius 1 is 0.384 bits per heavy atom. The number of carboxylic acid groups (broad SMARTS) is 1. The number of carbonyl (C=O) groups is 8. The quantitative estimate of drug-likeness (QED) is 0.0211. The second-order valence-electron chi connectivity index (χ2n) is 20.4. The van der Waals surface area contributed by atoms with Crippen LogP contribution in [-0.4, -0.2) is 162 Å². The molecule has 0 saturated carbocycles. The zero-order valence-corrected chi connectivity index (χ0v) is 46.4. The van der Waals surface area contributed by atoms with E-state index in [0.29, 0.717) is 52.3 Å². The molecule has 454 valence electrons. The van der Waals surface area contributed by atoms with Crippen LogP contribution >= 0.6 is 0 Å². The first kappa shape index (κ1) is 63.2. The smallest absolute Gasteiger partial charge is 0.326 e. The summed E-state index contributed by atoms with van der Waals surface area (Å²) in [6, 6.07) is 6.04. The maximum Gasteiger partial charge on any atom is 0.326 e. The van der Waals surface area contributed by atoms with Gasteiger partial charge >= 0.3 is 5.97 Å². The number of phenols is 3. The number of phenolic OH excluding ortho intramolecular Hbond substituents is 3. The highest BCUT2D eigenvalue weighted by Gasteiger charge is 2.36. The predicted octanol–water partition coefficient (Wildman–Crippen LogP) is -1.37. The third kappa shape index (κ3) is 19.6. The van der Waals surface area contributed by atoms with Crippen LogP contribution in [-0.2, 0) is 83.3 Å². The van der Waals surface area contributed by atoms with Gasteiger partial charge in [-0.15, -0.1) is 0 Å². The van der Waals surface area contributed by atoms with Crippen LogP contribution in [0.25, 0.3) is 0 Å². The van der Waals surface area contributed by atoms with E-state index in [1.807, 2.05) is 0 Å². The monoisotopic (exact) mass is 1180 g/mol. The van der Waals surface area contributed by atoms with Crippen LogP contribution in [0.4, 0.5) is 0 Å². The molecule has 0 fully saturated rings. The van der Waals surface area contributed by atoms with Gasteiger partial charge in [-0.25, -0.2) is 24.7 Å². The number of aromatic nitrogens is 8. The molecule has 0 spiro atoms. The zero-order chi connectivity index (χ0) is 61.5. The van der Waals surface area contributed by atoms with Crippen LogP contribution in [0.3, 0.4) is 0 Å². The Balaban J connectivity index is 1.16. The van der Waals surface area contributed by atoms with Gasteiger partial charge in [0.1, 0.15) is 59.5 Å². The number of hydrogen-bond donors (Lipinski definition) is 17. The van der Waals surface area contributed by atoms with Crippen LogP contribution in [0.15, 0.2) is 123 Å². The largest absolute Gasteiger partial charge is 0.508 e. The number of rotatable bonds is 33. The second-order valence-corrected chi connectivity index (χ2v) is 20.4. The number of aliphatic carboxylic acids is 1. The van der Waals surface area contributed by atoms with E-state index < -0.39 is 95.7 Å². The number of imidazole rings is 4. The molecule has 3 aromatic carbocycles. The second kappa shape index (κ2) is 31.3. The summed E-state index contributed by atoms with van der Waals surface area (Å²) in [5, 5.41) is 59.1. The van der Waals surface area contributed by atoms with E-state index in [1.54, 1.807) is 12.1 Å². The van der Waals surface area contributed by atoms with Crippen molar-refractivity contribution >= 4 is 47.3 Å². The zero-order valence-electron chi connectivity index (χ0n) is 46.4. The summed E-state index contributed by atoms with van der Waals surface area (Å²) in [5.41, 5.74) is 15.1. The fourth-order valence-electron chi connectivity index (χ4n) is 9.10. The lowest BCUT2D eigenvalue weighted by atomic mass is 10.0. The van der Waals surface area contributed by atoms with Crippen molar-refractivity contribution in [2.24, 2.45) is 11.5 Å². The first-order valence-electron chi connectivity index (χ1n) is 27.4. The minimum Gasteiger partial charge on any atom is -0.508 e. The lowest BCUT2D eigenvalue weighted by molar-refractivity contribution is -0.142. The van der Waals surface area contributed by atoms with Gasteiger partial charge in [-0.05, 0) is 78.9 Å². The van der Waals surface area contributed by atoms with Gasteiger partial charge < -0.3 is 89.0 Å². The van der Waals surface area contributed by atoms with E-state index in [-0.39, 0.29) is 75.2 Å². The Morgan fingerprint density at radius 2 is 0.663 bits per heavy atom. The number of nitrogens with zero attached hydrogens (tertiary/aromatic N) is 4. The number of nitrogens with one attached hydrogen (secondary N) is 11. The molecule has 0 saturated heterocycles. The van der Waals surface area contributed by atoms with Crippen molar-refractivity contribution < 1.29 is 58.8 Å². The van der Waals surface area contributed by atoms with Gasteiger partial charge in [0.2, 0.25) is 41.4 Å². The van der Waals surface area contributed by atoms with Crippen molar-refractivity contribution in [2.75, 3.05) is 6.54 Å². The SMILES string of the molecule is NCCCC[C@H](NC(=O)[C@H](Cc1cnc[nH]1)NC(=O)[C@H](Cc1ccc(O)cc1)NC(=O)[C@H](Cc1ccc(O)cc1)NC(=O)[C@H](Cc1cnc[nH]1)NC(=O)[C@H](Cc1ccc(O)cc1)NC(=O)[C@@H](N)Cc1cnc[nH]1)C(=O)N[C@@H](Cc1cnc[nH]1)C(=O)O. The number of benzene rings is 3. The number of carbonyl (C=O) groups excluding carboxylic acids is 7. The summed E-state index contributed by atoms with van der Waals surface area (Å²) in [5.74, 6) is -7.63. The average molecular weight is 1180 g/mol. The molecule has 0 unspecified atom stereocenters. The van der Waals surface area contributed by atoms with Gasteiger partial charge in [-0.1, -0.05) is 36.4 Å². The molecule has 29 nitrogen and oxygen atoms in total. The summed E-state index contributed by atoms with van der Waals surface area (Å²) in [7, 11) is 0. The van der Waals surface area contributed by atoms with Crippen molar-refractivity contribution in [3.63, 3.8) is 0 Å². The number of carboxylic acids is 1. The van der Waals surface area contributed by atoms with E-state index in [2.05, 4.69) is 77.1 Å². The molecule has 4 heterocycles. The minimum absolute atomic E-state index is 0.0228. The summed E-state index contributed by atoms with van der Waals surface area (Å²) < 4.78 is 0. The van der Waals surface area contributed by atoms with Crippen LogP contribution in [0.5, 0.6) is 17.2 Å². The first-order chi connectivity index (χ1) is 41.4. The van der Waals surface area contributed by atoms with E-state index in [4.69, 9.17) is 11.5 Å². The summed E-state index contributed by atoms with van der Waals surface area (Å²) in [6.07, 6.45) is 10.8. The average Bonchev–Trinajstić information content (AvgIpc) is 4.39. The molecule has 7 rings (SSSR count). The molecule has 19 N–H and O–H groups in total. The molecule has 8 atom stereocenters. The Kier molecular flexibility index (Phi) is 23.0. The normalized spacial score (nSPS) is 13.9. The number of unbranched alkanes of at least 4 members (excludes halogenated alkanes) is 1. The Hall–Kier alpha value is -10.4. The highest BCUT2D eigenvalue weighted by molar-refractivity contribution is 5.98. The van der Waals surface area contributed by atoms with Crippen molar-refractivity contribution in [2.45, 2.75) is 113 Å². The Bertz CT molecular complexity index is 3290. The lowest BCUT2D eigenvalue weighted by Crippen LogP contribution is -2.61. The lowest BCUT2D eigenvalue weighted by Gasteiger charge is -2.28. The van der Waals surface area contributed by atoms with Crippen molar-refractivity contribution in [3.05, 3.63) is 162 Å². The third-order valence-electron chi connectivity index (χ3n) is 13.8. The van der Waals surface area contributed by atoms with Crippen molar-refractivity contribution in [1.82, 2.24) is 77.1 Å². The summed E-state index contributed by atoms with van der Waals surface area (Å²) in [6.45, 7) is 0.253. The number of hydrogen-bond acceptors (Lipinski definition) is 17. The Morgan fingerprint density at radius 3 is 0.977 bits per heavy atom.